The van der Waals surface area contributed by atoms with Crippen LogP contribution in [0.2, 0.25) is 0 Å². The first-order valence-corrected chi connectivity index (χ1v) is 7.80. The Morgan fingerprint density at radius 1 is 1.23 bits per heavy atom. The number of halogens is 3. The second-order valence-electron chi connectivity index (χ2n) is 6.19. The second kappa shape index (κ2) is 6.23. The smallest absolute Gasteiger partial charge is 0.377 e. The number of nitrogens with zero attached hydrogens (tertiary/aromatic N) is 1. The maximum atomic E-state index is 13.1. The third-order valence-corrected chi connectivity index (χ3v) is 4.55. The summed E-state index contributed by atoms with van der Waals surface area (Å²) < 4.78 is 50.1. The van der Waals surface area contributed by atoms with E-state index >= 15 is 0 Å². The van der Waals surface area contributed by atoms with E-state index in [4.69, 9.17) is 9.47 Å². The van der Waals surface area contributed by atoms with Gasteiger partial charge in [0.1, 0.15) is 6.04 Å². The van der Waals surface area contributed by atoms with Crippen molar-refractivity contribution in [2.75, 3.05) is 26.4 Å². The number of hydrogen-bond acceptors (Lipinski definition) is 3. The molecule has 0 aromatic carbocycles. The number of amides is 2. The highest BCUT2D eigenvalue weighted by Crippen LogP contribution is 2.40. The Kier molecular flexibility index (Phi) is 4.49. The standard InChI is InChI=1S/C14H21F3N2O3/c15-14(16,17)12(9-3-4-9)18-13(20)19-5-7-21-8-10(19)11-2-1-6-22-11/h9-12H,1-8H2,(H,18,20). The van der Waals surface area contributed by atoms with Crippen LogP contribution in [0.1, 0.15) is 25.7 Å². The predicted octanol–water partition coefficient (Wildman–Crippen LogP) is 1.92. The average Bonchev–Trinajstić information content (AvgIpc) is 3.16. The minimum Gasteiger partial charge on any atom is -0.377 e. The van der Waals surface area contributed by atoms with Crippen LogP contribution >= 0.6 is 0 Å². The lowest BCUT2D eigenvalue weighted by molar-refractivity contribution is -0.158. The molecule has 1 aliphatic carbocycles. The zero-order valence-corrected chi connectivity index (χ0v) is 12.3. The topological polar surface area (TPSA) is 50.8 Å². The number of rotatable bonds is 3. The molecular weight excluding hydrogens is 301 g/mol. The molecule has 5 nitrogen and oxygen atoms in total. The van der Waals surface area contributed by atoms with E-state index in [1.165, 1.54) is 4.90 Å². The van der Waals surface area contributed by atoms with Crippen LogP contribution in [0.15, 0.2) is 0 Å². The van der Waals surface area contributed by atoms with Gasteiger partial charge in [-0.1, -0.05) is 0 Å². The molecule has 2 saturated heterocycles. The monoisotopic (exact) mass is 322 g/mol. The first kappa shape index (κ1) is 15.9. The molecule has 2 amide bonds. The normalized spacial score (nSPS) is 31.1. The molecule has 0 aromatic heterocycles. The lowest BCUT2D eigenvalue weighted by Crippen LogP contribution is -2.60. The van der Waals surface area contributed by atoms with Gasteiger partial charge in [0.25, 0.3) is 0 Å². The molecule has 3 aliphatic rings. The molecule has 0 aromatic rings. The Balaban J connectivity index is 1.66. The minimum atomic E-state index is -4.40. The second-order valence-corrected chi connectivity index (χ2v) is 6.19. The van der Waals surface area contributed by atoms with Gasteiger partial charge in [0.15, 0.2) is 0 Å². The molecule has 126 valence electrons. The van der Waals surface area contributed by atoms with Crippen molar-refractivity contribution in [1.29, 1.82) is 0 Å². The average molecular weight is 322 g/mol. The maximum Gasteiger partial charge on any atom is 0.408 e. The van der Waals surface area contributed by atoms with Crippen LogP contribution in [0.3, 0.4) is 0 Å². The van der Waals surface area contributed by atoms with Crippen molar-refractivity contribution in [2.45, 2.75) is 50.0 Å². The number of carbonyl (C=O) groups is 1. The fourth-order valence-electron chi connectivity index (χ4n) is 3.20. The van der Waals surface area contributed by atoms with Crippen molar-refractivity contribution in [3.8, 4) is 0 Å². The number of urea groups is 1. The lowest BCUT2D eigenvalue weighted by atomic mass is 10.1. The maximum absolute atomic E-state index is 13.1. The van der Waals surface area contributed by atoms with Gasteiger partial charge >= 0.3 is 12.2 Å². The number of carbonyl (C=O) groups excluding carboxylic acids is 1. The Morgan fingerprint density at radius 3 is 2.59 bits per heavy atom. The molecule has 3 atom stereocenters. The van der Waals surface area contributed by atoms with Gasteiger partial charge < -0.3 is 19.7 Å². The van der Waals surface area contributed by atoms with Crippen LogP contribution in [-0.4, -0.2) is 61.7 Å². The Bertz CT molecular complexity index is 409. The fraction of sp³-hybridized carbons (Fsp3) is 0.929. The highest BCUT2D eigenvalue weighted by molar-refractivity contribution is 5.75. The van der Waals surface area contributed by atoms with Crippen LogP contribution in [0.5, 0.6) is 0 Å². The number of nitrogens with one attached hydrogen (secondary N) is 1. The Labute approximate surface area is 127 Å². The van der Waals surface area contributed by atoms with Crippen molar-refractivity contribution >= 4 is 6.03 Å². The van der Waals surface area contributed by atoms with Gasteiger partial charge in [-0.3, -0.25) is 0 Å². The number of alkyl halides is 3. The molecule has 2 aliphatic heterocycles. The van der Waals surface area contributed by atoms with Gasteiger partial charge in [0.2, 0.25) is 0 Å². The quantitative estimate of drug-likeness (QED) is 0.864. The van der Waals surface area contributed by atoms with Crippen LogP contribution in [-0.2, 0) is 9.47 Å². The van der Waals surface area contributed by atoms with E-state index in [1.54, 1.807) is 0 Å². The highest BCUT2D eigenvalue weighted by Gasteiger charge is 2.50. The summed E-state index contributed by atoms with van der Waals surface area (Å²) in [7, 11) is 0. The molecule has 3 unspecified atom stereocenters. The lowest BCUT2D eigenvalue weighted by Gasteiger charge is -2.39. The molecule has 2 heterocycles. The van der Waals surface area contributed by atoms with Crippen molar-refractivity contribution in [2.24, 2.45) is 5.92 Å². The summed E-state index contributed by atoms with van der Waals surface area (Å²) in [5, 5.41) is 2.19. The predicted molar refractivity (Wildman–Crippen MR) is 71.4 cm³/mol. The van der Waals surface area contributed by atoms with E-state index in [0.717, 1.165) is 12.8 Å². The SMILES string of the molecule is O=C(NC(C1CC1)C(F)(F)F)N1CCOCC1C1CCCO1. The number of ether oxygens (including phenoxy) is 2. The molecule has 0 radical (unpaired) electrons. The molecule has 8 heteroatoms. The molecule has 1 N–H and O–H groups in total. The first-order chi connectivity index (χ1) is 10.5. The van der Waals surface area contributed by atoms with Crippen molar-refractivity contribution in [3.05, 3.63) is 0 Å². The molecule has 22 heavy (non-hydrogen) atoms. The van der Waals surface area contributed by atoms with E-state index < -0.39 is 24.2 Å². The number of morpholine rings is 1. The summed E-state index contributed by atoms with van der Waals surface area (Å²) in [5.74, 6) is -0.480. The Hall–Kier alpha value is -1.02. The van der Waals surface area contributed by atoms with Gasteiger partial charge in [0, 0.05) is 13.2 Å². The molecule has 3 fully saturated rings. The summed E-state index contributed by atoms with van der Waals surface area (Å²) in [6.07, 6.45) is -1.79. The van der Waals surface area contributed by atoms with Gasteiger partial charge in [-0.25, -0.2) is 4.79 Å². The highest BCUT2D eigenvalue weighted by atomic mass is 19.4. The zero-order valence-electron chi connectivity index (χ0n) is 12.3. The van der Waals surface area contributed by atoms with E-state index in [9.17, 15) is 18.0 Å². The number of hydrogen-bond donors (Lipinski definition) is 1. The summed E-state index contributed by atoms with van der Waals surface area (Å²) in [4.78, 5) is 13.8. The third-order valence-electron chi connectivity index (χ3n) is 4.55. The van der Waals surface area contributed by atoms with E-state index in [-0.39, 0.29) is 12.1 Å². The molecule has 3 rings (SSSR count). The Morgan fingerprint density at radius 2 is 2.00 bits per heavy atom. The van der Waals surface area contributed by atoms with Gasteiger partial charge in [-0.05, 0) is 31.6 Å². The van der Waals surface area contributed by atoms with Crippen molar-refractivity contribution in [3.63, 3.8) is 0 Å². The minimum absolute atomic E-state index is 0.142. The van der Waals surface area contributed by atoms with Crippen molar-refractivity contribution in [1.82, 2.24) is 10.2 Å². The summed E-state index contributed by atoms with van der Waals surface area (Å²) in [6.45, 7) is 1.59. The molecule has 1 saturated carbocycles. The summed E-state index contributed by atoms with van der Waals surface area (Å²) >= 11 is 0. The molecular formula is C14H21F3N2O3. The van der Waals surface area contributed by atoms with Crippen LogP contribution in [0, 0.1) is 5.92 Å². The van der Waals surface area contributed by atoms with Crippen LogP contribution in [0.25, 0.3) is 0 Å². The zero-order chi connectivity index (χ0) is 15.7. The summed E-state index contributed by atoms with van der Waals surface area (Å²) in [6, 6.07) is -2.70. The van der Waals surface area contributed by atoms with Gasteiger partial charge in [-0.2, -0.15) is 13.2 Å². The molecule has 0 bridgehead atoms. The van der Waals surface area contributed by atoms with Crippen LogP contribution in [0.4, 0.5) is 18.0 Å². The van der Waals surface area contributed by atoms with E-state index in [1.807, 2.05) is 0 Å². The largest absolute Gasteiger partial charge is 0.408 e. The van der Waals surface area contributed by atoms with Gasteiger partial charge in [-0.15, -0.1) is 0 Å². The third kappa shape index (κ3) is 3.48. The summed E-state index contributed by atoms with van der Waals surface area (Å²) in [5.41, 5.74) is 0. The van der Waals surface area contributed by atoms with E-state index in [0.29, 0.717) is 39.2 Å². The van der Waals surface area contributed by atoms with Crippen LogP contribution < -0.4 is 5.32 Å². The first-order valence-electron chi connectivity index (χ1n) is 7.80. The van der Waals surface area contributed by atoms with Crippen molar-refractivity contribution < 1.29 is 27.4 Å². The van der Waals surface area contributed by atoms with E-state index in [2.05, 4.69) is 5.32 Å². The van der Waals surface area contributed by atoms with Gasteiger partial charge in [0.05, 0.1) is 25.4 Å². The molecule has 0 spiro atoms. The fourth-order valence-corrected chi connectivity index (χ4v) is 3.20.